The first-order chi connectivity index (χ1) is 14.6. The number of hydrogen-bond donors (Lipinski definition) is 1. The number of ether oxygens (including phenoxy) is 2. The zero-order valence-electron chi connectivity index (χ0n) is 18.0. The minimum Gasteiger partial charge on any atom is -0.493 e. The van der Waals surface area contributed by atoms with Crippen molar-refractivity contribution in [2.75, 3.05) is 51.3 Å². The van der Waals surface area contributed by atoms with Crippen molar-refractivity contribution in [3.8, 4) is 11.5 Å². The molecular formula is C22H31N5O3. The molecule has 2 aromatic rings. The molecule has 1 aromatic heterocycles. The molecule has 1 saturated heterocycles. The largest absolute Gasteiger partial charge is 0.493 e. The van der Waals surface area contributed by atoms with Crippen molar-refractivity contribution in [1.82, 2.24) is 20.2 Å². The second-order valence-corrected chi connectivity index (χ2v) is 7.52. The summed E-state index contributed by atoms with van der Waals surface area (Å²) >= 11 is 0. The molecule has 0 bridgehead atoms. The maximum absolute atomic E-state index is 12.5. The number of aromatic nitrogens is 2. The van der Waals surface area contributed by atoms with Crippen LogP contribution in [0.3, 0.4) is 0 Å². The summed E-state index contributed by atoms with van der Waals surface area (Å²) < 4.78 is 11.1. The highest BCUT2D eigenvalue weighted by Gasteiger charge is 2.18. The van der Waals surface area contributed by atoms with Crippen LogP contribution < -0.4 is 19.7 Å². The van der Waals surface area contributed by atoms with Crippen molar-refractivity contribution in [2.24, 2.45) is 0 Å². The van der Waals surface area contributed by atoms with Crippen LogP contribution in [-0.4, -0.2) is 73.3 Å². The van der Waals surface area contributed by atoms with Crippen LogP contribution in [0.5, 0.6) is 11.5 Å². The highest BCUT2D eigenvalue weighted by molar-refractivity contribution is 5.94. The molecule has 0 spiro atoms. The van der Waals surface area contributed by atoms with Crippen molar-refractivity contribution in [3.63, 3.8) is 0 Å². The summed E-state index contributed by atoms with van der Waals surface area (Å²) in [4.78, 5) is 25.7. The summed E-state index contributed by atoms with van der Waals surface area (Å²) in [5.41, 5.74) is 0.569. The van der Waals surface area contributed by atoms with Gasteiger partial charge in [0.15, 0.2) is 11.5 Å². The number of methoxy groups -OCH3 is 1. The first kappa shape index (κ1) is 21.8. The third kappa shape index (κ3) is 6.06. The summed E-state index contributed by atoms with van der Waals surface area (Å²) in [6, 6.07) is 7.10. The van der Waals surface area contributed by atoms with Crippen LogP contribution >= 0.6 is 0 Å². The Labute approximate surface area is 178 Å². The van der Waals surface area contributed by atoms with Crippen LogP contribution in [0.2, 0.25) is 0 Å². The van der Waals surface area contributed by atoms with Crippen molar-refractivity contribution in [2.45, 2.75) is 26.4 Å². The van der Waals surface area contributed by atoms with E-state index in [9.17, 15) is 4.79 Å². The standard InChI is InChI=1S/C22H31N5O3/c1-17(2)30-19-7-6-18(16-20(19)29-3)21(28)23-10-5-11-26-12-14-27(15-13-26)22-24-8-4-9-25-22/h4,6-9,16-17H,5,10-15H2,1-3H3,(H,23,28). The summed E-state index contributed by atoms with van der Waals surface area (Å²) in [5.74, 6) is 1.90. The number of nitrogens with zero attached hydrogens (tertiary/aromatic N) is 4. The quantitative estimate of drug-likeness (QED) is 0.632. The van der Waals surface area contributed by atoms with Gasteiger partial charge in [0.25, 0.3) is 5.91 Å². The maximum Gasteiger partial charge on any atom is 0.251 e. The van der Waals surface area contributed by atoms with Gasteiger partial charge in [0.05, 0.1) is 13.2 Å². The van der Waals surface area contributed by atoms with Gasteiger partial charge in [0.1, 0.15) is 0 Å². The molecule has 0 saturated carbocycles. The van der Waals surface area contributed by atoms with Crippen molar-refractivity contribution in [3.05, 3.63) is 42.2 Å². The van der Waals surface area contributed by atoms with E-state index < -0.39 is 0 Å². The zero-order chi connectivity index (χ0) is 21.3. The Balaban J connectivity index is 1.39. The van der Waals surface area contributed by atoms with E-state index in [1.54, 1.807) is 37.7 Å². The molecule has 1 amide bonds. The van der Waals surface area contributed by atoms with E-state index in [-0.39, 0.29) is 12.0 Å². The van der Waals surface area contributed by atoms with Gasteiger partial charge in [-0.15, -0.1) is 0 Å². The summed E-state index contributed by atoms with van der Waals surface area (Å²) in [7, 11) is 1.58. The lowest BCUT2D eigenvalue weighted by atomic mass is 10.2. The number of anilines is 1. The molecule has 162 valence electrons. The lowest BCUT2D eigenvalue weighted by molar-refractivity contribution is 0.0951. The van der Waals surface area contributed by atoms with Gasteiger partial charge >= 0.3 is 0 Å². The molecule has 8 nitrogen and oxygen atoms in total. The Morgan fingerprint density at radius 3 is 2.53 bits per heavy atom. The Bertz CT molecular complexity index is 808. The fourth-order valence-electron chi connectivity index (χ4n) is 3.39. The van der Waals surface area contributed by atoms with E-state index in [2.05, 4.69) is 25.1 Å². The fourth-order valence-corrected chi connectivity index (χ4v) is 3.39. The number of carbonyl (C=O) groups is 1. The third-order valence-electron chi connectivity index (χ3n) is 4.93. The summed E-state index contributed by atoms with van der Waals surface area (Å²) in [6.45, 7) is 9.27. The van der Waals surface area contributed by atoms with Gasteiger partial charge in [-0.3, -0.25) is 9.69 Å². The van der Waals surface area contributed by atoms with Crippen LogP contribution in [0.25, 0.3) is 0 Å². The number of rotatable bonds is 9. The fraction of sp³-hybridized carbons (Fsp3) is 0.500. The number of hydrogen-bond acceptors (Lipinski definition) is 7. The monoisotopic (exact) mass is 413 g/mol. The number of nitrogens with one attached hydrogen (secondary N) is 1. The molecule has 30 heavy (non-hydrogen) atoms. The van der Waals surface area contributed by atoms with Crippen LogP contribution in [0.15, 0.2) is 36.7 Å². The minimum atomic E-state index is -0.101. The van der Waals surface area contributed by atoms with Crippen molar-refractivity contribution in [1.29, 1.82) is 0 Å². The Morgan fingerprint density at radius 2 is 1.87 bits per heavy atom. The molecule has 1 N–H and O–H groups in total. The SMILES string of the molecule is COc1cc(C(=O)NCCCN2CCN(c3ncccn3)CC2)ccc1OC(C)C. The molecule has 1 fully saturated rings. The predicted molar refractivity (Wildman–Crippen MR) is 116 cm³/mol. The number of piperazine rings is 1. The highest BCUT2D eigenvalue weighted by atomic mass is 16.5. The molecule has 0 aliphatic carbocycles. The second-order valence-electron chi connectivity index (χ2n) is 7.52. The van der Waals surface area contributed by atoms with Gasteiger partial charge in [-0.05, 0) is 51.1 Å². The number of carbonyl (C=O) groups excluding carboxylic acids is 1. The smallest absolute Gasteiger partial charge is 0.251 e. The lowest BCUT2D eigenvalue weighted by Gasteiger charge is -2.34. The Morgan fingerprint density at radius 1 is 1.13 bits per heavy atom. The molecule has 8 heteroatoms. The number of benzene rings is 1. The molecule has 1 aliphatic rings. The topological polar surface area (TPSA) is 79.8 Å². The first-order valence-corrected chi connectivity index (χ1v) is 10.4. The van der Waals surface area contributed by atoms with Gasteiger partial charge in [0, 0.05) is 50.7 Å². The number of amides is 1. The molecule has 1 aromatic carbocycles. The van der Waals surface area contributed by atoms with Crippen LogP contribution in [0.4, 0.5) is 5.95 Å². The summed E-state index contributed by atoms with van der Waals surface area (Å²) in [5, 5.41) is 2.99. The van der Waals surface area contributed by atoms with E-state index >= 15 is 0 Å². The molecular weight excluding hydrogens is 382 g/mol. The molecule has 2 heterocycles. The normalized spacial score (nSPS) is 14.6. The summed E-state index contributed by atoms with van der Waals surface area (Å²) in [6.07, 6.45) is 4.50. The molecule has 1 aliphatic heterocycles. The maximum atomic E-state index is 12.5. The van der Waals surface area contributed by atoms with E-state index in [4.69, 9.17) is 9.47 Å². The Hall–Kier alpha value is -2.87. The zero-order valence-corrected chi connectivity index (χ0v) is 18.0. The van der Waals surface area contributed by atoms with Gasteiger partial charge in [0.2, 0.25) is 5.95 Å². The van der Waals surface area contributed by atoms with Crippen LogP contribution in [-0.2, 0) is 0 Å². The van der Waals surface area contributed by atoms with Crippen LogP contribution in [0, 0.1) is 0 Å². The van der Waals surface area contributed by atoms with Gasteiger partial charge < -0.3 is 19.7 Å². The van der Waals surface area contributed by atoms with E-state index in [1.807, 2.05) is 19.9 Å². The Kier molecular flexibility index (Phi) is 7.84. The lowest BCUT2D eigenvalue weighted by Crippen LogP contribution is -2.47. The van der Waals surface area contributed by atoms with E-state index in [1.165, 1.54) is 0 Å². The van der Waals surface area contributed by atoms with E-state index in [0.717, 1.165) is 45.1 Å². The minimum absolute atomic E-state index is 0.0423. The average molecular weight is 414 g/mol. The van der Waals surface area contributed by atoms with Gasteiger partial charge in [-0.25, -0.2) is 9.97 Å². The van der Waals surface area contributed by atoms with Crippen molar-refractivity contribution < 1.29 is 14.3 Å². The highest BCUT2D eigenvalue weighted by Crippen LogP contribution is 2.28. The van der Waals surface area contributed by atoms with Gasteiger partial charge in [-0.1, -0.05) is 0 Å². The van der Waals surface area contributed by atoms with Crippen LogP contribution in [0.1, 0.15) is 30.6 Å². The van der Waals surface area contributed by atoms with Gasteiger partial charge in [-0.2, -0.15) is 0 Å². The molecule has 0 atom stereocenters. The second kappa shape index (κ2) is 10.8. The van der Waals surface area contributed by atoms with Crippen molar-refractivity contribution >= 4 is 11.9 Å². The molecule has 3 rings (SSSR count). The van der Waals surface area contributed by atoms with E-state index in [0.29, 0.717) is 23.6 Å². The predicted octanol–water partition coefficient (Wildman–Crippen LogP) is 2.21. The molecule has 0 radical (unpaired) electrons. The third-order valence-corrected chi connectivity index (χ3v) is 4.93. The average Bonchev–Trinajstić information content (AvgIpc) is 2.77. The first-order valence-electron chi connectivity index (χ1n) is 10.4. The molecule has 0 unspecified atom stereocenters.